The molecule has 0 radical (unpaired) electrons. The first-order valence-corrected chi connectivity index (χ1v) is 6.33. The maximum atomic E-state index is 13.1. The van der Waals surface area contributed by atoms with E-state index in [0.717, 1.165) is 11.1 Å². The SMILES string of the molecule is Nc1cccc(C(O)Cc2ccc(F)c(Br)c2)c1. The van der Waals surface area contributed by atoms with Gasteiger partial charge in [-0.3, -0.25) is 0 Å². The molecular formula is C14H13BrFNO. The van der Waals surface area contributed by atoms with Gasteiger partial charge in [0.2, 0.25) is 0 Å². The monoisotopic (exact) mass is 309 g/mol. The molecule has 0 aromatic heterocycles. The van der Waals surface area contributed by atoms with Crippen molar-refractivity contribution in [3.63, 3.8) is 0 Å². The van der Waals surface area contributed by atoms with Crippen LogP contribution >= 0.6 is 15.9 Å². The minimum Gasteiger partial charge on any atom is -0.399 e. The Morgan fingerprint density at radius 2 is 2.00 bits per heavy atom. The van der Waals surface area contributed by atoms with Crippen molar-refractivity contribution in [3.05, 3.63) is 63.9 Å². The molecule has 4 heteroatoms. The number of hydrogen-bond acceptors (Lipinski definition) is 2. The number of anilines is 1. The lowest BCUT2D eigenvalue weighted by Crippen LogP contribution is -2.02. The minimum absolute atomic E-state index is 0.308. The Kier molecular flexibility index (Phi) is 3.99. The molecule has 0 amide bonds. The third kappa shape index (κ3) is 3.09. The Hall–Kier alpha value is -1.39. The summed E-state index contributed by atoms with van der Waals surface area (Å²) < 4.78 is 13.5. The zero-order valence-corrected chi connectivity index (χ0v) is 11.2. The molecule has 2 rings (SSSR count). The Morgan fingerprint density at radius 3 is 2.67 bits per heavy atom. The van der Waals surface area contributed by atoms with Crippen molar-refractivity contribution in [2.75, 3.05) is 5.73 Å². The van der Waals surface area contributed by atoms with Gasteiger partial charge in [0, 0.05) is 12.1 Å². The number of aliphatic hydroxyl groups excluding tert-OH is 1. The van der Waals surface area contributed by atoms with Crippen molar-refractivity contribution >= 4 is 21.6 Å². The number of hydrogen-bond donors (Lipinski definition) is 2. The van der Waals surface area contributed by atoms with E-state index in [9.17, 15) is 9.50 Å². The highest BCUT2D eigenvalue weighted by Crippen LogP contribution is 2.23. The second-order valence-electron chi connectivity index (χ2n) is 4.14. The zero-order chi connectivity index (χ0) is 13.1. The van der Waals surface area contributed by atoms with Crippen LogP contribution in [0.15, 0.2) is 46.9 Å². The van der Waals surface area contributed by atoms with Crippen LogP contribution in [0.25, 0.3) is 0 Å². The quantitative estimate of drug-likeness (QED) is 0.853. The molecular weight excluding hydrogens is 297 g/mol. The zero-order valence-electron chi connectivity index (χ0n) is 9.61. The lowest BCUT2D eigenvalue weighted by molar-refractivity contribution is 0.178. The number of halogens is 2. The maximum absolute atomic E-state index is 13.1. The van der Waals surface area contributed by atoms with E-state index in [2.05, 4.69) is 15.9 Å². The normalized spacial score (nSPS) is 12.4. The van der Waals surface area contributed by atoms with Gasteiger partial charge in [0.05, 0.1) is 10.6 Å². The summed E-state index contributed by atoms with van der Waals surface area (Å²) in [6.45, 7) is 0. The van der Waals surface area contributed by atoms with Gasteiger partial charge in [0.25, 0.3) is 0 Å². The molecule has 1 unspecified atom stereocenters. The Balaban J connectivity index is 2.16. The maximum Gasteiger partial charge on any atom is 0.137 e. The van der Waals surface area contributed by atoms with Gasteiger partial charge >= 0.3 is 0 Å². The molecule has 94 valence electrons. The van der Waals surface area contributed by atoms with Gasteiger partial charge in [-0.15, -0.1) is 0 Å². The molecule has 0 aliphatic rings. The highest BCUT2D eigenvalue weighted by atomic mass is 79.9. The topological polar surface area (TPSA) is 46.2 Å². The number of nitrogen functional groups attached to an aromatic ring is 1. The molecule has 2 nitrogen and oxygen atoms in total. The number of aliphatic hydroxyl groups is 1. The molecule has 3 N–H and O–H groups in total. The van der Waals surface area contributed by atoms with Gasteiger partial charge in [0.15, 0.2) is 0 Å². The number of benzene rings is 2. The first-order valence-electron chi connectivity index (χ1n) is 5.53. The number of rotatable bonds is 3. The molecule has 0 aliphatic heterocycles. The lowest BCUT2D eigenvalue weighted by Gasteiger charge is -2.12. The van der Waals surface area contributed by atoms with Gasteiger partial charge in [-0.25, -0.2) is 4.39 Å². The van der Waals surface area contributed by atoms with Crippen molar-refractivity contribution in [1.82, 2.24) is 0 Å². The molecule has 0 bridgehead atoms. The van der Waals surface area contributed by atoms with E-state index in [1.807, 2.05) is 6.07 Å². The third-order valence-corrected chi connectivity index (χ3v) is 3.32. The van der Waals surface area contributed by atoms with Gasteiger partial charge < -0.3 is 10.8 Å². The highest BCUT2D eigenvalue weighted by molar-refractivity contribution is 9.10. The van der Waals surface area contributed by atoms with Gasteiger partial charge in [-0.2, -0.15) is 0 Å². The summed E-state index contributed by atoms with van der Waals surface area (Å²) >= 11 is 3.13. The molecule has 0 aliphatic carbocycles. The van der Waals surface area contributed by atoms with Crippen LogP contribution in [0.2, 0.25) is 0 Å². The fourth-order valence-corrected chi connectivity index (χ4v) is 2.20. The predicted octanol–water partition coefficient (Wildman–Crippen LogP) is 3.45. The van der Waals surface area contributed by atoms with Crippen molar-refractivity contribution < 1.29 is 9.50 Å². The van der Waals surface area contributed by atoms with Crippen molar-refractivity contribution in [2.24, 2.45) is 0 Å². The number of nitrogens with two attached hydrogens (primary N) is 1. The summed E-state index contributed by atoms with van der Waals surface area (Å²) in [4.78, 5) is 0. The van der Waals surface area contributed by atoms with E-state index in [-0.39, 0.29) is 5.82 Å². The molecule has 0 saturated heterocycles. The first kappa shape index (κ1) is 13.1. The van der Waals surface area contributed by atoms with Crippen LogP contribution in [-0.2, 0) is 6.42 Å². The van der Waals surface area contributed by atoms with Crippen molar-refractivity contribution in [3.8, 4) is 0 Å². The smallest absolute Gasteiger partial charge is 0.137 e. The largest absolute Gasteiger partial charge is 0.399 e. The van der Waals surface area contributed by atoms with Crippen LogP contribution in [-0.4, -0.2) is 5.11 Å². The van der Waals surface area contributed by atoms with E-state index in [4.69, 9.17) is 5.73 Å². The summed E-state index contributed by atoms with van der Waals surface area (Å²) in [7, 11) is 0. The van der Waals surface area contributed by atoms with E-state index < -0.39 is 6.10 Å². The molecule has 2 aromatic carbocycles. The van der Waals surface area contributed by atoms with Gasteiger partial charge in [-0.05, 0) is 51.3 Å². The molecule has 1 atom stereocenters. The van der Waals surface area contributed by atoms with Crippen molar-refractivity contribution in [1.29, 1.82) is 0 Å². The summed E-state index contributed by atoms with van der Waals surface area (Å²) in [5.74, 6) is -0.308. The summed E-state index contributed by atoms with van der Waals surface area (Å²) in [5, 5.41) is 10.1. The Morgan fingerprint density at radius 1 is 1.22 bits per heavy atom. The Labute approximate surface area is 113 Å². The molecule has 2 aromatic rings. The molecule has 18 heavy (non-hydrogen) atoms. The van der Waals surface area contributed by atoms with Crippen LogP contribution in [0, 0.1) is 5.82 Å². The molecule has 0 spiro atoms. The predicted molar refractivity (Wildman–Crippen MR) is 73.6 cm³/mol. The van der Waals surface area contributed by atoms with E-state index in [1.54, 1.807) is 30.3 Å². The third-order valence-electron chi connectivity index (χ3n) is 2.71. The van der Waals surface area contributed by atoms with E-state index in [0.29, 0.717) is 16.6 Å². The summed E-state index contributed by atoms with van der Waals surface area (Å²) in [5.41, 5.74) is 7.90. The van der Waals surface area contributed by atoms with E-state index in [1.165, 1.54) is 6.07 Å². The minimum atomic E-state index is -0.647. The van der Waals surface area contributed by atoms with Crippen LogP contribution in [0.5, 0.6) is 0 Å². The fourth-order valence-electron chi connectivity index (χ4n) is 1.77. The van der Waals surface area contributed by atoms with Crippen LogP contribution in [0.3, 0.4) is 0 Å². The first-order chi connectivity index (χ1) is 8.56. The van der Waals surface area contributed by atoms with E-state index >= 15 is 0 Å². The lowest BCUT2D eigenvalue weighted by atomic mass is 10.0. The van der Waals surface area contributed by atoms with Gasteiger partial charge in [0.1, 0.15) is 5.82 Å². The van der Waals surface area contributed by atoms with Gasteiger partial charge in [-0.1, -0.05) is 18.2 Å². The second kappa shape index (κ2) is 5.50. The second-order valence-corrected chi connectivity index (χ2v) is 4.99. The highest BCUT2D eigenvalue weighted by Gasteiger charge is 2.10. The standard InChI is InChI=1S/C14H13BrFNO/c15-12-6-9(4-5-13(12)16)7-14(18)10-2-1-3-11(17)8-10/h1-6,8,14,18H,7,17H2. The molecule has 0 heterocycles. The van der Waals surface area contributed by atoms with Crippen molar-refractivity contribution in [2.45, 2.75) is 12.5 Å². The van der Waals surface area contributed by atoms with Crippen LogP contribution in [0.1, 0.15) is 17.2 Å². The van der Waals surface area contributed by atoms with Crippen LogP contribution < -0.4 is 5.73 Å². The molecule has 0 fully saturated rings. The summed E-state index contributed by atoms with van der Waals surface area (Å²) in [6.07, 6.45) is -0.228. The molecule has 0 saturated carbocycles. The van der Waals surface area contributed by atoms with Crippen LogP contribution in [0.4, 0.5) is 10.1 Å². The average Bonchev–Trinajstić information content (AvgIpc) is 2.34. The average molecular weight is 310 g/mol. The summed E-state index contributed by atoms with van der Waals surface area (Å²) in [6, 6.07) is 11.8. The Bertz CT molecular complexity index is 559. The fraction of sp³-hybridized carbons (Fsp3) is 0.143.